The zero-order chi connectivity index (χ0) is 9.14. The van der Waals surface area contributed by atoms with E-state index in [2.05, 4.69) is 65.8 Å². The second-order valence-electron chi connectivity index (χ2n) is 3.29. The Hall–Kier alpha value is 1.38. The van der Waals surface area contributed by atoms with Crippen molar-refractivity contribution in [2.75, 3.05) is 13.1 Å². The van der Waals surface area contributed by atoms with Crippen LogP contribution in [0.5, 0.6) is 0 Å². The number of hydrogen-bond acceptors (Lipinski definition) is 2. The molecule has 0 aromatic carbocycles. The van der Waals surface area contributed by atoms with Gasteiger partial charge in [-0.3, -0.25) is 0 Å². The van der Waals surface area contributed by atoms with Gasteiger partial charge in [0.05, 0.1) is 0 Å². The van der Waals surface area contributed by atoms with Crippen LogP contribution in [0.2, 0.25) is 0 Å². The summed E-state index contributed by atoms with van der Waals surface area (Å²) in [6, 6.07) is 1.51. The van der Waals surface area contributed by atoms with Gasteiger partial charge >= 0.3 is 0 Å². The quantitative estimate of drug-likeness (QED) is 0.525. The first-order valence-electron chi connectivity index (χ1n) is 4.53. The maximum Gasteiger partial charge on any atom is 0.0327 e. The van der Waals surface area contributed by atoms with Crippen molar-refractivity contribution < 1.29 is 0 Å². The van der Waals surface area contributed by atoms with Gasteiger partial charge < -0.3 is 0 Å². The molecule has 2 unspecified atom stereocenters. The highest BCUT2D eigenvalue weighted by molar-refractivity contribution is 14.1. The summed E-state index contributed by atoms with van der Waals surface area (Å²) < 4.78 is 4.95. The zero-order valence-corrected chi connectivity index (χ0v) is 11.9. The Morgan fingerprint density at radius 2 is 1.33 bits per heavy atom. The molecule has 0 saturated carbocycles. The minimum absolute atomic E-state index is 0.755. The highest BCUT2D eigenvalue weighted by Crippen LogP contribution is 2.24. The second-order valence-corrected chi connectivity index (χ2v) is 5.77. The van der Waals surface area contributed by atoms with Gasteiger partial charge in [0.1, 0.15) is 0 Å². The van der Waals surface area contributed by atoms with Crippen molar-refractivity contribution in [3.05, 3.63) is 0 Å². The molecule has 4 heteroatoms. The molecule has 0 spiro atoms. The van der Waals surface area contributed by atoms with Gasteiger partial charge in [0.2, 0.25) is 0 Å². The lowest BCUT2D eigenvalue weighted by atomic mass is 10.1. The van der Waals surface area contributed by atoms with Crippen LogP contribution in [0.3, 0.4) is 0 Å². The molecule has 1 aliphatic heterocycles. The fourth-order valence-electron chi connectivity index (χ4n) is 1.53. The first-order chi connectivity index (χ1) is 5.69. The Morgan fingerprint density at radius 3 is 1.58 bits per heavy atom. The van der Waals surface area contributed by atoms with Gasteiger partial charge in [0, 0.05) is 70.9 Å². The summed E-state index contributed by atoms with van der Waals surface area (Å²) in [5.41, 5.74) is 0. The fraction of sp³-hybridized carbons (Fsp3) is 1.00. The van der Waals surface area contributed by atoms with Gasteiger partial charge in [-0.1, -0.05) is 13.8 Å². The van der Waals surface area contributed by atoms with E-state index in [1.807, 2.05) is 0 Å². The van der Waals surface area contributed by atoms with Gasteiger partial charge in [0.15, 0.2) is 0 Å². The Bertz CT molecular complexity index is 127. The van der Waals surface area contributed by atoms with Crippen LogP contribution in [0.15, 0.2) is 0 Å². The smallest absolute Gasteiger partial charge is 0.0327 e. The lowest BCUT2D eigenvalue weighted by Crippen LogP contribution is -2.50. The highest BCUT2D eigenvalue weighted by atomic mass is 127. The third kappa shape index (κ3) is 2.68. The summed E-state index contributed by atoms with van der Waals surface area (Å²) >= 11 is 4.94. The first kappa shape index (κ1) is 11.5. The average molecular weight is 394 g/mol. The molecule has 0 aromatic rings. The molecule has 1 heterocycles. The van der Waals surface area contributed by atoms with Gasteiger partial charge in [-0.15, -0.1) is 0 Å². The van der Waals surface area contributed by atoms with Gasteiger partial charge in [0.25, 0.3) is 0 Å². The predicted octanol–water partition coefficient (Wildman–Crippen LogP) is 2.86. The third-order valence-electron chi connectivity index (χ3n) is 2.51. The van der Waals surface area contributed by atoms with E-state index >= 15 is 0 Å². The predicted molar refractivity (Wildman–Crippen MR) is 69.6 cm³/mol. The van der Waals surface area contributed by atoms with Crippen LogP contribution in [0.4, 0.5) is 0 Å². The van der Waals surface area contributed by atoms with E-state index in [4.69, 9.17) is 0 Å². The normalized spacial score (nSPS) is 34.0. The van der Waals surface area contributed by atoms with Crippen LogP contribution < -0.4 is 0 Å². The van der Waals surface area contributed by atoms with Crippen molar-refractivity contribution in [3.8, 4) is 0 Å². The monoisotopic (exact) mass is 394 g/mol. The van der Waals surface area contributed by atoms with Crippen LogP contribution in [-0.4, -0.2) is 31.4 Å². The first-order valence-corrected chi connectivity index (χ1v) is 6.46. The SMILES string of the molecule is CCC1CN(I)C(CC)CN1I. The Kier molecular flexibility index (Phi) is 5.07. The maximum atomic E-state index is 2.47. The molecule has 1 fully saturated rings. The minimum atomic E-state index is 0.755. The molecule has 0 aromatic heterocycles. The van der Waals surface area contributed by atoms with Crippen molar-refractivity contribution in [3.63, 3.8) is 0 Å². The largest absolute Gasteiger partial charge is 0.242 e. The van der Waals surface area contributed by atoms with Crippen LogP contribution in [-0.2, 0) is 0 Å². The third-order valence-corrected chi connectivity index (χ3v) is 4.87. The molecule has 0 amide bonds. The molecular formula is C8H16I2N2. The van der Waals surface area contributed by atoms with Crippen LogP contribution in [0, 0.1) is 0 Å². The van der Waals surface area contributed by atoms with E-state index in [0.29, 0.717) is 0 Å². The molecule has 72 valence electrons. The number of halogens is 2. The number of piperazine rings is 1. The highest BCUT2D eigenvalue weighted by Gasteiger charge is 2.29. The van der Waals surface area contributed by atoms with E-state index in [1.165, 1.54) is 25.9 Å². The Balaban J connectivity index is 2.49. The van der Waals surface area contributed by atoms with Gasteiger partial charge in [-0.25, -0.2) is 6.23 Å². The molecule has 1 rings (SSSR count). The maximum absolute atomic E-state index is 2.47. The number of nitrogens with zero attached hydrogens (tertiary/aromatic N) is 2. The molecule has 2 nitrogen and oxygen atoms in total. The van der Waals surface area contributed by atoms with E-state index < -0.39 is 0 Å². The summed E-state index contributed by atoms with van der Waals surface area (Å²) in [4.78, 5) is 0. The van der Waals surface area contributed by atoms with E-state index in [0.717, 1.165) is 12.1 Å². The fourth-order valence-corrected chi connectivity index (χ4v) is 3.58. The van der Waals surface area contributed by atoms with Crippen LogP contribution in [0.25, 0.3) is 0 Å². The number of hydrogen-bond donors (Lipinski definition) is 0. The summed E-state index contributed by atoms with van der Waals surface area (Å²) in [5, 5.41) is 0. The van der Waals surface area contributed by atoms with Crippen LogP contribution in [0.1, 0.15) is 26.7 Å². The Labute approximate surface area is 103 Å². The van der Waals surface area contributed by atoms with E-state index in [1.54, 1.807) is 0 Å². The van der Waals surface area contributed by atoms with E-state index in [-0.39, 0.29) is 0 Å². The molecular weight excluding hydrogens is 378 g/mol. The molecule has 0 radical (unpaired) electrons. The molecule has 1 aliphatic rings. The summed E-state index contributed by atoms with van der Waals surface area (Å²) in [6.07, 6.45) is 2.53. The van der Waals surface area contributed by atoms with Gasteiger partial charge in [-0.05, 0) is 12.8 Å². The molecule has 0 bridgehead atoms. The molecule has 0 N–H and O–H groups in total. The Morgan fingerprint density at radius 1 is 1.00 bits per heavy atom. The molecule has 2 atom stereocenters. The lowest BCUT2D eigenvalue weighted by molar-refractivity contribution is 0.188. The van der Waals surface area contributed by atoms with Crippen molar-refractivity contribution in [1.29, 1.82) is 0 Å². The zero-order valence-electron chi connectivity index (χ0n) is 7.63. The molecule has 12 heavy (non-hydrogen) atoms. The molecule has 0 aliphatic carbocycles. The minimum Gasteiger partial charge on any atom is -0.242 e. The van der Waals surface area contributed by atoms with Crippen molar-refractivity contribution in [1.82, 2.24) is 6.23 Å². The molecule has 1 saturated heterocycles. The van der Waals surface area contributed by atoms with Crippen LogP contribution >= 0.6 is 45.7 Å². The van der Waals surface area contributed by atoms with Crippen molar-refractivity contribution in [2.45, 2.75) is 38.8 Å². The summed E-state index contributed by atoms with van der Waals surface area (Å²) in [5.74, 6) is 0. The topological polar surface area (TPSA) is 6.48 Å². The van der Waals surface area contributed by atoms with E-state index in [9.17, 15) is 0 Å². The second kappa shape index (κ2) is 5.31. The summed E-state index contributed by atoms with van der Waals surface area (Å²) in [6.45, 7) is 6.98. The van der Waals surface area contributed by atoms with Crippen molar-refractivity contribution in [2.24, 2.45) is 0 Å². The van der Waals surface area contributed by atoms with Gasteiger partial charge in [-0.2, -0.15) is 0 Å². The standard InChI is InChI=1S/C8H16I2N2/c1-3-7-5-12(10)8(4-2)6-11(7)9/h7-8H,3-6H2,1-2H3. The lowest BCUT2D eigenvalue weighted by Gasteiger charge is -2.40. The average Bonchev–Trinajstić information content (AvgIpc) is 2.08. The number of rotatable bonds is 2. The van der Waals surface area contributed by atoms with Crippen molar-refractivity contribution >= 4 is 45.7 Å². The summed E-state index contributed by atoms with van der Waals surface area (Å²) in [7, 11) is 0.